The zero-order valence-corrected chi connectivity index (χ0v) is 15.0. The van der Waals surface area contributed by atoms with Crippen molar-refractivity contribution in [2.75, 3.05) is 26.2 Å². The number of hydrogen-bond donors (Lipinski definition) is 1. The number of benzene rings is 1. The van der Waals surface area contributed by atoms with Crippen molar-refractivity contribution in [2.45, 2.75) is 39.2 Å². The fraction of sp³-hybridized carbons (Fsp3) is 0.714. The predicted molar refractivity (Wildman–Crippen MR) is 96.0 cm³/mol. The molecule has 4 fully saturated rings. The molecule has 0 amide bonds. The van der Waals surface area contributed by atoms with E-state index in [0.717, 1.165) is 67.0 Å². The third kappa shape index (κ3) is 2.86. The zero-order valence-electron chi connectivity index (χ0n) is 15.0. The van der Waals surface area contributed by atoms with E-state index in [1.807, 2.05) is 24.3 Å². The van der Waals surface area contributed by atoms with Gasteiger partial charge in [0.1, 0.15) is 12.4 Å². The smallest absolute Gasteiger partial charge is 0.125 e. The molecule has 0 aliphatic heterocycles. The Morgan fingerprint density at radius 3 is 2.50 bits per heavy atom. The van der Waals surface area contributed by atoms with Crippen LogP contribution in [0, 0.1) is 29.6 Å². The number of aliphatic hydroxyl groups is 1. The van der Waals surface area contributed by atoms with E-state index in [9.17, 15) is 5.11 Å². The number of ether oxygens (including phenoxy) is 1. The molecule has 0 radical (unpaired) electrons. The van der Waals surface area contributed by atoms with E-state index in [0.29, 0.717) is 6.61 Å². The highest BCUT2D eigenvalue weighted by atomic mass is 16.5. The van der Waals surface area contributed by atoms with Gasteiger partial charge in [0.15, 0.2) is 0 Å². The largest absolute Gasteiger partial charge is 0.492 e. The van der Waals surface area contributed by atoms with Gasteiger partial charge in [-0.05, 0) is 68.0 Å². The molecule has 4 bridgehead atoms. The first-order valence-electron chi connectivity index (χ1n) is 9.85. The minimum absolute atomic E-state index is 0.375. The molecule has 0 heterocycles. The summed E-state index contributed by atoms with van der Waals surface area (Å²) in [6, 6.07) is 8.08. The lowest BCUT2D eigenvalue weighted by molar-refractivity contribution is 0.127. The molecule has 4 saturated carbocycles. The number of hydrogen-bond acceptors (Lipinski definition) is 3. The molecule has 3 heteroatoms. The highest BCUT2D eigenvalue weighted by Gasteiger charge is 2.67. The first kappa shape index (κ1) is 16.4. The molecule has 4 atom stereocenters. The maximum Gasteiger partial charge on any atom is 0.125 e. The van der Waals surface area contributed by atoms with Crippen LogP contribution in [0.5, 0.6) is 5.75 Å². The number of nitrogens with zero attached hydrogens (tertiary/aromatic N) is 1. The summed E-state index contributed by atoms with van der Waals surface area (Å²) in [4.78, 5) is 2.36. The number of para-hydroxylation sites is 1. The Morgan fingerprint density at radius 2 is 1.88 bits per heavy atom. The molecule has 4 unspecified atom stereocenters. The fourth-order valence-corrected chi connectivity index (χ4v) is 5.68. The third-order valence-corrected chi connectivity index (χ3v) is 6.98. The van der Waals surface area contributed by atoms with Crippen molar-refractivity contribution in [3.63, 3.8) is 0 Å². The summed E-state index contributed by atoms with van der Waals surface area (Å²) in [5.74, 6) is 5.52. The van der Waals surface area contributed by atoms with Gasteiger partial charge in [-0.1, -0.05) is 32.0 Å². The molecular formula is C21H31NO2. The second kappa shape index (κ2) is 6.68. The minimum Gasteiger partial charge on any atom is -0.492 e. The Kier molecular flexibility index (Phi) is 4.57. The summed E-state index contributed by atoms with van der Waals surface area (Å²) >= 11 is 0. The highest BCUT2D eigenvalue weighted by Crippen LogP contribution is 2.74. The Balaban J connectivity index is 1.36. The van der Waals surface area contributed by atoms with Crippen molar-refractivity contribution < 1.29 is 9.84 Å². The summed E-state index contributed by atoms with van der Waals surface area (Å²) in [5, 5.41) is 10.8. The standard InChI is InChI=1S/C21H31NO2/c1-3-22(4-2)9-10-24-20-8-6-5-7-15(20)19(23)13-16-14-11-17-18(12-14)21(16)17/h5-8,14,16-19,21,23H,3-4,9-13H2,1-2H3. The summed E-state index contributed by atoms with van der Waals surface area (Å²) < 4.78 is 6.03. The van der Waals surface area contributed by atoms with Gasteiger partial charge in [-0.15, -0.1) is 0 Å². The van der Waals surface area contributed by atoms with Crippen LogP contribution in [-0.2, 0) is 0 Å². The maximum absolute atomic E-state index is 10.8. The van der Waals surface area contributed by atoms with Crippen LogP contribution in [-0.4, -0.2) is 36.2 Å². The van der Waals surface area contributed by atoms with Gasteiger partial charge < -0.3 is 14.7 Å². The second-order valence-electron chi connectivity index (χ2n) is 7.97. The Labute approximate surface area is 146 Å². The first-order chi connectivity index (χ1) is 11.7. The van der Waals surface area contributed by atoms with Crippen LogP contribution in [0.3, 0.4) is 0 Å². The lowest BCUT2D eigenvalue weighted by Gasteiger charge is -2.22. The molecule has 1 aromatic rings. The van der Waals surface area contributed by atoms with Crippen LogP contribution in [0.4, 0.5) is 0 Å². The maximum atomic E-state index is 10.8. The van der Waals surface area contributed by atoms with Crippen LogP contribution in [0.15, 0.2) is 24.3 Å². The van der Waals surface area contributed by atoms with E-state index in [2.05, 4.69) is 18.7 Å². The van der Waals surface area contributed by atoms with Gasteiger partial charge in [0.05, 0.1) is 6.10 Å². The number of likely N-dealkylation sites (N-methyl/N-ethyl adjacent to an activating group) is 1. The number of rotatable bonds is 9. The average Bonchev–Trinajstić information content (AvgIpc) is 2.95. The van der Waals surface area contributed by atoms with Crippen LogP contribution >= 0.6 is 0 Å². The first-order valence-corrected chi connectivity index (χ1v) is 9.85. The summed E-state index contributed by atoms with van der Waals surface area (Å²) in [6.45, 7) is 8.09. The molecule has 5 rings (SSSR count). The second-order valence-corrected chi connectivity index (χ2v) is 7.97. The SMILES string of the molecule is CCN(CC)CCOc1ccccc1C(O)CC1C2CC3C(C2)C13. The van der Waals surface area contributed by atoms with Crippen LogP contribution in [0.2, 0.25) is 0 Å². The van der Waals surface area contributed by atoms with Gasteiger partial charge in [0, 0.05) is 12.1 Å². The molecule has 1 N–H and O–H groups in total. The normalized spacial score (nSPS) is 33.9. The van der Waals surface area contributed by atoms with Crippen molar-refractivity contribution in [1.29, 1.82) is 0 Å². The van der Waals surface area contributed by atoms with E-state index < -0.39 is 0 Å². The minimum atomic E-state index is -0.375. The van der Waals surface area contributed by atoms with Crippen molar-refractivity contribution in [3.05, 3.63) is 29.8 Å². The molecule has 4 aliphatic carbocycles. The van der Waals surface area contributed by atoms with Gasteiger partial charge >= 0.3 is 0 Å². The van der Waals surface area contributed by atoms with Crippen LogP contribution in [0.25, 0.3) is 0 Å². The monoisotopic (exact) mass is 329 g/mol. The Bertz CT molecular complexity index is 557. The quantitative estimate of drug-likeness (QED) is 0.749. The Hall–Kier alpha value is -1.06. The molecule has 24 heavy (non-hydrogen) atoms. The molecule has 0 aromatic heterocycles. The van der Waals surface area contributed by atoms with Gasteiger partial charge in [0.2, 0.25) is 0 Å². The fourth-order valence-electron chi connectivity index (χ4n) is 5.68. The number of aliphatic hydroxyl groups excluding tert-OH is 1. The van der Waals surface area contributed by atoms with Gasteiger partial charge in [-0.25, -0.2) is 0 Å². The molecule has 0 spiro atoms. The van der Waals surface area contributed by atoms with E-state index in [4.69, 9.17) is 4.74 Å². The average molecular weight is 329 g/mol. The summed E-state index contributed by atoms with van der Waals surface area (Å²) in [7, 11) is 0. The van der Waals surface area contributed by atoms with Gasteiger partial charge in [-0.2, -0.15) is 0 Å². The molecule has 3 nitrogen and oxygen atoms in total. The highest BCUT2D eigenvalue weighted by molar-refractivity contribution is 5.35. The van der Waals surface area contributed by atoms with Crippen LogP contribution in [0.1, 0.15) is 44.8 Å². The topological polar surface area (TPSA) is 32.7 Å². The molecule has 1 aromatic carbocycles. The summed E-state index contributed by atoms with van der Waals surface area (Å²) in [6.07, 6.45) is 3.43. The third-order valence-electron chi connectivity index (χ3n) is 6.98. The molecule has 4 aliphatic rings. The van der Waals surface area contributed by atoms with E-state index >= 15 is 0 Å². The molecule has 0 saturated heterocycles. The zero-order chi connectivity index (χ0) is 16.7. The van der Waals surface area contributed by atoms with E-state index in [1.54, 1.807) is 0 Å². The van der Waals surface area contributed by atoms with Crippen molar-refractivity contribution in [3.8, 4) is 5.75 Å². The van der Waals surface area contributed by atoms with E-state index in [-0.39, 0.29) is 6.10 Å². The van der Waals surface area contributed by atoms with Crippen molar-refractivity contribution >= 4 is 0 Å². The summed E-state index contributed by atoms with van der Waals surface area (Å²) in [5.41, 5.74) is 0.985. The Morgan fingerprint density at radius 1 is 1.17 bits per heavy atom. The van der Waals surface area contributed by atoms with E-state index in [1.165, 1.54) is 12.8 Å². The van der Waals surface area contributed by atoms with Crippen molar-refractivity contribution in [1.82, 2.24) is 4.90 Å². The molecular weight excluding hydrogens is 298 g/mol. The van der Waals surface area contributed by atoms with Gasteiger partial charge in [-0.3, -0.25) is 0 Å². The lowest BCUT2D eigenvalue weighted by atomic mass is 9.89. The predicted octanol–water partition coefficient (Wildman–Crippen LogP) is 3.73. The van der Waals surface area contributed by atoms with Crippen molar-refractivity contribution in [2.24, 2.45) is 29.6 Å². The lowest BCUT2D eigenvalue weighted by Crippen LogP contribution is -2.28. The van der Waals surface area contributed by atoms with Crippen LogP contribution < -0.4 is 4.74 Å². The molecule has 132 valence electrons. The van der Waals surface area contributed by atoms with Gasteiger partial charge in [0.25, 0.3) is 0 Å².